The Hall–Kier alpha value is -1.09. The lowest BCUT2D eigenvalue weighted by Gasteiger charge is -2.61. The third-order valence-electron chi connectivity index (χ3n) is 9.79. The molecule has 5 rings (SSSR count). The maximum Gasteiger partial charge on any atom is 0.184 e. The molecule has 0 aliphatic heterocycles. The average Bonchev–Trinajstić information content (AvgIpc) is 3.30. The van der Waals surface area contributed by atoms with E-state index in [1.807, 2.05) is 6.08 Å². The zero-order valence-electron chi connectivity index (χ0n) is 16.3. The second-order valence-corrected chi connectivity index (χ2v) is 10.8. The topological polar surface area (TPSA) is 57.5 Å². The summed E-state index contributed by atoms with van der Waals surface area (Å²) in [5.41, 5.74) is 1.70. The molecule has 1 spiro atoms. The Morgan fingerprint density at radius 3 is 2.42 bits per heavy atom. The van der Waals surface area contributed by atoms with Crippen LogP contribution in [0, 0.1) is 34.0 Å². The van der Waals surface area contributed by atoms with Gasteiger partial charge < -0.3 is 10.2 Å². The lowest BCUT2D eigenvalue weighted by Crippen LogP contribution is -2.56. The summed E-state index contributed by atoms with van der Waals surface area (Å²) >= 11 is 0. The number of hydrogen-bond acceptors (Lipinski definition) is 3. The van der Waals surface area contributed by atoms with Gasteiger partial charge in [0.1, 0.15) is 0 Å². The van der Waals surface area contributed by atoms with Gasteiger partial charge in [-0.3, -0.25) is 4.79 Å². The molecule has 0 bridgehead atoms. The molecular formula is C23H32O3. The molecule has 0 radical (unpaired) electrons. The van der Waals surface area contributed by atoms with Crippen molar-refractivity contribution in [1.29, 1.82) is 0 Å². The van der Waals surface area contributed by atoms with Gasteiger partial charge in [-0.05, 0) is 98.4 Å². The van der Waals surface area contributed by atoms with E-state index in [1.54, 1.807) is 0 Å². The van der Waals surface area contributed by atoms with Crippen molar-refractivity contribution in [2.45, 2.75) is 77.7 Å². The Labute approximate surface area is 156 Å². The normalized spacial score (nSPS) is 53.1. The number of aliphatic hydroxyl groups is 2. The molecule has 3 nitrogen and oxygen atoms in total. The van der Waals surface area contributed by atoms with Crippen LogP contribution >= 0.6 is 0 Å². The summed E-state index contributed by atoms with van der Waals surface area (Å²) in [5, 5.41) is 20.7. The van der Waals surface area contributed by atoms with E-state index < -0.39 is 5.60 Å². The van der Waals surface area contributed by atoms with E-state index in [2.05, 4.69) is 20.8 Å². The fourth-order valence-corrected chi connectivity index (χ4v) is 7.96. The van der Waals surface area contributed by atoms with Crippen molar-refractivity contribution < 1.29 is 15.0 Å². The first-order chi connectivity index (χ1) is 12.2. The molecule has 5 aliphatic carbocycles. The number of ketones is 1. The Bertz CT molecular complexity index is 741. The summed E-state index contributed by atoms with van der Waals surface area (Å²) in [6.07, 6.45) is 11.5. The maximum atomic E-state index is 12.5. The van der Waals surface area contributed by atoms with Gasteiger partial charge in [-0.15, -0.1) is 0 Å². The van der Waals surface area contributed by atoms with E-state index in [-0.39, 0.29) is 22.0 Å². The molecular weight excluding hydrogens is 324 g/mol. The van der Waals surface area contributed by atoms with Crippen molar-refractivity contribution in [2.75, 3.05) is 0 Å². The molecule has 0 aromatic heterocycles. The molecule has 4 saturated carbocycles. The molecule has 3 heteroatoms. The third kappa shape index (κ3) is 1.86. The van der Waals surface area contributed by atoms with Gasteiger partial charge in [0.15, 0.2) is 5.78 Å². The monoisotopic (exact) mass is 356 g/mol. The predicted molar refractivity (Wildman–Crippen MR) is 100 cm³/mol. The second-order valence-electron chi connectivity index (χ2n) is 10.8. The highest BCUT2D eigenvalue weighted by atomic mass is 16.3. The van der Waals surface area contributed by atoms with Crippen molar-refractivity contribution in [3.8, 4) is 0 Å². The van der Waals surface area contributed by atoms with E-state index in [4.69, 9.17) is 0 Å². The Balaban J connectivity index is 1.61. The van der Waals surface area contributed by atoms with Gasteiger partial charge in [0, 0.05) is 5.57 Å². The van der Waals surface area contributed by atoms with Gasteiger partial charge in [-0.1, -0.05) is 19.4 Å². The molecule has 0 unspecified atom stereocenters. The van der Waals surface area contributed by atoms with Crippen molar-refractivity contribution in [2.24, 2.45) is 34.0 Å². The lowest BCUT2D eigenvalue weighted by atomic mass is 9.44. The number of fused-ring (bicyclic) bond motifs is 6. The van der Waals surface area contributed by atoms with E-state index in [1.165, 1.54) is 24.8 Å². The third-order valence-corrected chi connectivity index (χ3v) is 9.79. The molecule has 4 fully saturated rings. The molecule has 5 aliphatic rings. The zero-order valence-corrected chi connectivity index (χ0v) is 16.3. The number of rotatable bonds is 0. The molecule has 26 heavy (non-hydrogen) atoms. The summed E-state index contributed by atoms with van der Waals surface area (Å²) in [7, 11) is 0. The molecule has 0 aromatic carbocycles. The average molecular weight is 357 g/mol. The number of aliphatic hydroxyl groups excluding tert-OH is 1. The Kier molecular flexibility index (Phi) is 3.17. The highest BCUT2D eigenvalue weighted by Gasteiger charge is 2.68. The van der Waals surface area contributed by atoms with Crippen LogP contribution in [0.25, 0.3) is 0 Å². The van der Waals surface area contributed by atoms with Crippen LogP contribution in [-0.4, -0.2) is 21.6 Å². The van der Waals surface area contributed by atoms with Gasteiger partial charge in [0.05, 0.1) is 11.9 Å². The van der Waals surface area contributed by atoms with E-state index >= 15 is 0 Å². The first-order valence-corrected chi connectivity index (χ1v) is 10.5. The van der Waals surface area contributed by atoms with Gasteiger partial charge in [0.2, 0.25) is 0 Å². The summed E-state index contributed by atoms with van der Waals surface area (Å²) in [5.74, 6) is 1.82. The molecule has 142 valence electrons. The quantitative estimate of drug-likeness (QED) is 0.488. The van der Waals surface area contributed by atoms with Crippen LogP contribution in [-0.2, 0) is 4.79 Å². The SMILES string of the molecule is C[C@]12C/C(=C/O)C(=O)C=C1C1(CC1)C[C@@H]1[C@@H]2CC[C@@]2(C)[C@H]1CC[C@]2(C)O. The van der Waals surface area contributed by atoms with E-state index in [9.17, 15) is 15.0 Å². The van der Waals surface area contributed by atoms with Gasteiger partial charge in [-0.25, -0.2) is 0 Å². The molecule has 0 amide bonds. The van der Waals surface area contributed by atoms with Crippen LogP contribution in [0.3, 0.4) is 0 Å². The summed E-state index contributed by atoms with van der Waals surface area (Å²) < 4.78 is 0. The number of hydrogen-bond donors (Lipinski definition) is 2. The van der Waals surface area contributed by atoms with Gasteiger partial charge in [-0.2, -0.15) is 0 Å². The summed E-state index contributed by atoms with van der Waals surface area (Å²) in [4.78, 5) is 12.5. The predicted octanol–water partition coefficient (Wildman–Crippen LogP) is 4.71. The largest absolute Gasteiger partial charge is 0.515 e. The molecule has 2 N–H and O–H groups in total. The zero-order chi connectivity index (χ0) is 18.5. The molecule has 0 saturated heterocycles. The van der Waals surface area contributed by atoms with Crippen LogP contribution in [0.1, 0.15) is 72.1 Å². The van der Waals surface area contributed by atoms with Crippen LogP contribution in [0.2, 0.25) is 0 Å². The summed E-state index contributed by atoms with van der Waals surface area (Å²) in [6, 6.07) is 0. The fourth-order valence-electron chi connectivity index (χ4n) is 7.96. The second kappa shape index (κ2) is 4.84. The van der Waals surface area contributed by atoms with Crippen molar-refractivity contribution in [3.63, 3.8) is 0 Å². The first-order valence-electron chi connectivity index (χ1n) is 10.5. The Morgan fingerprint density at radius 2 is 1.77 bits per heavy atom. The van der Waals surface area contributed by atoms with Gasteiger partial charge in [0.25, 0.3) is 0 Å². The number of carbonyl (C=O) groups excluding carboxylic acids is 1. The highest BCUT2D eigenvalue weighted by Crippen LogP contribution is 2.75. The van der Waals surface area contributed by atoms with E-state index in [0.717, 1.165) is 31.9 Å². The van der Waals surface area contributed by atoms with Crippen LogP contribution in [0.4, 0.5) is 0 Å². The standard InChI is InChI=1S/C23H32O3/c1-20-11-14(13-24)18(25)10-19(20)23(8-9-23)12-15-16(20)4-6-21(2)17(15)5-7-22(21,3)26/h10,13,15-17,24,26H,4-9,11-12H2,1-3H3/b14-13-/t15-,16+,17+,20-,21+,22+/m1/s1. The summed E-state index contributed by atoms with van der Waals surface area (Å²) in [6.45, 7) is 6.75. The Morgan fingerprint density at radius 1 is 1.08 bits per heavy atom. The first kappa shape index (κ1) is 17.0. The van der Waals surface area contributed by atoms with E-state index in [0.29, 0.717) is 29.7 Å². The number of allylic oxidation sites excluding steroid dienone is 2. The van der Waals surface area contributed by atoms with Crippen molar-refractivity contribution >= 4 is 5.78 Å². The van der Waals surface area contributed by atoms with Gasteiger partial charge >= 0.3 is 0 Å². The minimum absolute atomic E-state index is 0.00231. The minimum atomic E-state index is -0.547. The van der Waals surface area contributed by atoms with Crippen LogP contribution < -0.4 is 0 Å². The van der Waals surface area contributed by atoms with Crippen LogP contribution in [0.15, 0.2) is 23.5 Å². The van der Waals surface area contributed by atoms with Crippen molar-refractivity contribution in [3.05, 3.63) is 23.5 Å². The molecule has 6 atom stereocenters. The minimum Gasteiger partial charge on any atom is -0.515 e. The lowest BCUT2D eigenvalue weighted by molar-refractivity contribution is -0.126. The fraction of sp³-hybridized carbons (Fsp3) is 0.783. The van der Waals surface area contributed by atoms with Crippen LogP contribution in [0.5, 0.6) is 0 Å². The smallest absolute Gasteiger partial charge is 0.184 e. The molecule has 0 heterocycles. The highest BCUT2D eigenvalue weighted by molar-refractivity contribution is 6.05. The van der Waals surface area contributed by atoms with Crippen molar-refractivity contribution in [1.82, 2.24) is 0 Å². The maximum absolute atomic E-state index is 12.5. The number of carbonyl (C=O) groups is 1. The molecule has 0 aromatic rings.